The molecule has 0 radical (unpaired) electrons. The van der Waals surface area contributed by atoms with E-state index in [1.54, 1.807) is 13.0 Å². The van der Waals surface area contributed by atoms with Gasteiger partial charge in [0.05, 0.1) is 5.56 Å². The van der Waals surface area contributed by atoms with Crippen LogP contribution in [-0.4, -0.2) is 16.0 Å². The monoisotopic (exact) mass is 310 g/mol. The maximum absolute atomic E-state index is 12.7. The quantitative estimate of drug-likeness (QED) is 0.880. The standard InChI is InChI=1S/C15H17F3N4/c1-9(2)19-13-7-10(3)20-14(22-13)21-12-6-4-5-11(8-12)15(16,17)18/h4-9H,1-3H3,(H2,19,20,21,22). The van der Waals surface area contributed by atoms with Crippen LogP contribution in [0, 0.1) is 6.92 Å². The maximum atomic E-state index is 12.7. The predicted octanol–water partition coefficient (Wildman–Crippen LogP) is 4.37. The fourth-order valence-corrected chi connectivity index (χ4v) is 1.90. The van der Waals surface area contributed by atoms with Gasteiger partial charge in [-0.1, -0.05) is 6.07 Å². The molecule has 0 spiro atoms. The Morgan fingerprint density at radius 2 is 1.82 bits per heavy atom. The third-order valence-electron chi connectivity index (χ3n) is 2.74. The van der Waals surface area contributed by atoms with Crippen LogP contribution in [-0.2, 0) is 6.18 Å². The van der Waals surface area contributed by atoms with Crippen molar-refractivity contribution in [3.63, 3.8) is 0 Å². The summed E-state index contributed by atoms with van der Waals surface area (Å²) >= 11 is 0. The zero-order chi connectivity index (χ0) is 16.3. The van der Waals surface area contributed by atoms with Crippen LogP contribution >= 0.6 is 0 Å². The van der Waals surface area contributed by atoms with Crippen molar-refractivity contribution in [2.75, 3.05) is 10.6 Å². The van der Waals surface area contributed by atoms with Crippen molar-refractivity contribution in [1.82, 2.24) is 9.97 Å². The lowest BCUT2D eigenvalue weighted by atomic mass is 10.2. The molecule has 0 aliphatic carbocycles. The Morgan fingerprint density at radius 3 is 2.45 bits per heavy atom. The predicted molar refractivity (Wildman–Crippen MR) is 80.3 cm³/mol. The smallest absolute Gasteiger partial charge is 0.368 e. The summed E-state index contributed by atoms with van der Waals surface area (Å²) < 4.78 is 38.1. The Bertz CT molecular complexity index is 653. The second kappa shape index (κ2) is 6.21. The number of hydrogen-bond donors (Lipinski definition) is 2. The van der Waals surface area contributed by atoms with Crippen molar-refractivity contribution >= 4 is 17.5 Å². The molecule has 2 N–H and O–H groups in total. The van der Waals surface area contributed by atoms with Gasteiger partial charge < -0.3 is 10.6 Å². The molecule has 1 heterocycles. The summed E-state index contributed by atoms with van der Waals surface area (Å²) in [6, 6.07) is 6.90. The Kier molecular flexibility index (Phi) is 4.54. The maximum Gasteiger partial charge on any atom is 0.416 e. The molecule has 4 nitrogen and oxygen atoms in total. The van der Waals surface area contributed by atoms with Gasteiger partial charge in [-0.05, 0) is 39.0 Å². The van der Waals surface area contributed by atoms with Crippen molar-refractivity contribution in [1.29, 1.82) is 0 Å². The van der Waals surface area contributed by atoms with Crippen LogP contribution in [0.25, 0.3) is 0 Å². The number of hydrogen-bond acceptors (Lipinski definition) is 4. The molecule has 118 valence electrons. The minimum atomic E-state index is -4.38. The lowest BCUT2D eigenvalue weighted by molar-refractivity contribution is -0.137. The van der Waals surface area contributed by atoms with Gasteiger partial charge in [0.2, 0.25) is 5.95 Å². The van der Waals surface area contributed by atoms with Crippen molar-refractivity contribution in [3.05, 3.63) is 41.6 Å². The van der Waals surface area contributed by atoms with Crippen molar-refractivity contribution in [2.45, 2.75) is 33.0 Å². The van der Waals surface area contributed by atoms with E-state index in [2.05, 4.69) is 20.6 Å². The molecule has 22 heavy (non-hydrogen) atoms. The molecule has 0 aliphatic heterocycles. The van der Waals surface area contributed by atoms with Gasteiger partial charge >= 0.3 is 6.18 Å². The Balaban J connectivity index is 2.25. The fourth-order valence-electron chi connectivity index (χ4n) is 1.90. The second-order valence-electron chi connectivity index (χ2n) is 5.22. The number of aromatic nitrogens is 2. The lowest BCUT2D eigenvalue weighted by Gasteiger charge is -2.13. The van der Waals surface area contributed by atoms with Gasteiger partial charge in [-0.25, -0.2) is 4.98 Å². The summed E-state index contributed by atoms with van der Waals surface area (Å²) in [5.41, 5.74) is 0.286. The number of nitrogens with zero attached hydrogens (tertiary/aromatic N) is 2. The molecular weight excluding hydrogens is 293 g/mol. The summed E-state index contributed by atoms with van der Waals surface area (Å²) in [4.78, 5) is 8.43. The number of anilines is 3. The average molecular weight is 310 g/mol. The fraction of sp³-hybridized carbons (Fsp3) is 0.333. The number of rotatable bonds is 4. The van der Waals surface area contributed by atoms with E-state index in [-0.39, 0.29) is 17.7 Å². The van der Waals surface area contributed by atoms with Crippen LogP contribution in [0.4, 0.5) is 30.6 Å². The number of alkyl halides is 3. The van der Waals surface area contributed by atoms with Gasteiger partial charge in [0.15, 0.2) is 0 Å². The average Bonchev–Trinajstić information content (AvgIpc) is 2.36. The molecule has 2 aromatic rings. The van der Waals surface area contributed by atoms with Gasteiger partial charge in [-0.15, -0.1) is 0 Å². The highest BCUT2D eigenvalue weighted by Gasteiger charge is 2.30. The van der Waals surface area contributed by atoms with E-state index in [0.717, 1.165) is 12.1 Å². The zero-order valence-corrected chi connectivity index (χ0v) is 12.5. The first-order valence-electron chi connectivity index (χ1n) is 6.80. The second-order valence-corrected chi connectivity index (χ2v) is 5.22. The summed E-state index contributed by atoms with van der Waals surface area (Å²) in [5, 5.41) is 5.94. The first kappa shape index (κ1) is 16.1. The van der Waals surface area contributed by atoms with E-state index < -0.39 is 11.7 Å². The molecule has 0 bridgehead atoms. The first-order chi connectivity index (χ1) is 10.2. The molecule has 0 unspecified atom stereocenters. The van der Waals surface area contributed by atoms with E-state index in [0.29, 0.717) is 11.5 Å². The van der Waals surface area contributed by atoms with Crippen molar-refractivity contribution in [3.8, 4) is 0 Å². The van der Waals surface area contributed by atoms with E-state index in [1.165, 1.54) is 12.1 Å². The molecule has 1 aromatic heterocycles. The highest BCUT2D eigenvalue weighted by Crippen LogP contribution is 2.31. The number of benzene rings is 1. The molecule has 0 saturated carbocycles. The van der Waals surface area contributed by atoms with Crippen LogP contribution < -0.4 is 10.6 Å². The SMILES string of the molecule is Cc1cc(NC(C)C)nc(Nc2cccc(C(F)(F)F)c2)n1. The highest BCUT2D eigenvalue weighted by molar-refractivity contribution is 5.56. The Labute approximate surface area is 126 Å². The molecular formula is C15H17F3N4. The van der Waals surface area contributed by atoms with Gasteiger partial charge in [0.25, 0.3) is 0 Å². The minimum absolute atomic E-state index is 0.190. The highest BCUT2D eigenvalue weighted by atomic mass is 19.4. The molecule has 0 fully saturated rings. The summed E-state index contributed by atoms with van der Waals surface area (Å²) in [6.07, 6.45) is -4.38. The third-order valence-corrected chi connectivity index (χ3v) is 2.74. The number of aryl methyl sites for hydroxylation is 1. The van der Waals surface area contributed by atoms with E-state index in [4.69, 9.17) is 0 Å². The molecule has 1 aromatic carbocycles. The van der Waals surface area contributed by atoms with Gasteiger partial charge in [-0.2, -0.15) is 18.2 Å². The molecule has 2 rings (SSSR count). The molecule has 0 aliphatic rings. The topological polar surface area (TPSA) is 49.8 Å². The normalized spacial score (nSPS) is 11.6. The lowest BCUT2D eigenvalue weighted by Crippen LogP contribution is -2.12. The largest absolute Gasteiger partial charge is 0.416 e. The van der Waals surface area contributed by atoms with Crippen molar-refractivity contribution in [2.24, 2.45) is 0 Å². The van der Waals surface area contributed by atoms with Crippen LogP contribution in [0.15, 0.2) is 30.3 Å². The van der Waals surface area contributed by atoms with Crippen LogP contribution in [0.5, 0.6) is 0 Å². The van der Waals surface area contributed by atoms with Gasteiger partial charge in [0, 0.05) is 23.5 Å². The van der Waals surface area contributed by atoms with E-state index in [9.17, 15) is 13.2 Å². The number of nitrogens with one attached hydrogen (secondary N) is 2. The summed E-state index contributed by atoms with van der Waals surface area (Å²) in [7, 11) is 0. The number of halogens is 3. The van der Waals surface area contributed by atoms with Crippen LogP contribution in [0.2, 0.25) is 0 Å². The van der Waals surface area contributed by atoms with Crippen LogP contribution in [0.1, 0.15) is 25.1 Å². The molecule has 0 atom stereocenters. The molecule has 0 saturated heterocycles. The van der Waals surface area contributed by atoms with Crippen LogP contribution in [0.3, 0.4) is 0 Å². The Hall–Kier alpha value is -2.31. The van der Waals surface area contributed by atoms with E-state index in [1.807, 2.05) is 13.8 Å². The third kappa shape index (κ3) is 4.34. The van der Waals surface area contributed by atoms with Crippen molar-refractivity contribution < 1.29 is 13.2 Å². The van der Waals surface area contributed by atoms with Gasteiger partial charge in [-0.3, -0.25) is 0 Å². The Morgan fingerprint density at radius 1 is 1.09 bits per heavy atom. The van der Waals surface area contributed by atoms with E-state index >= 15 is 0 Å². The molecule has 7 heteroatoms. The summed E-state index contributed by atoms with van der Waals surface area (Å²) in [5.74, 6) is 0.874. The summed E-state index contributed by atoms with van der Waals surface area (Å²) in [6.45, 7) is 5.74. The van der Waals surface area contributed by atoms with Gasteiger partial charge in [0.1, 0.15) is 5.82 Å². The zero-order valence-electron chi connectivity index (χ0n) is 12.5. The first-order valence-corrected chi connectivity index (χ1v) is 6.80. The molecule has 0 amide bonds. The minimum Gasteiger partial charge on any atom is -0.368 e.